The molecule has 0 aromatic carbocycles. The summed E-state index contributed by atoms with van der Waals surface area (Å²) in [7, 11) is 2.22. The molecule has 4 heteroatoms. The van der Waals surface area contributed by atoms with Crippen LogP contribution in [0.2, 0.25) is 0 Å². The van der Waals surface area contributed by atoms with Gasteiger partial charge in [-0.2, -0.15) is 0 Å². The van der Waals surface area contributed by atoms with E-state index in [0.717, 1.165) is 38.6 Å². The Hall–Kier alpha value is -0.190. The van der Waals surface area contributed by atoms with Gasteiger partial charge in [0.05, 0.1) is 11.6 Å². The Morgan fingerprint density at radius 2 is 2.29 bits per heavy atom. The standard InChI is InChI=1S/C13H24N2OS/c1-15(8-11-3-2-6-16-9-11)10-13(4-5-13)7-12(14)17/h11H,2-10H2,1H3,(H2,14,17). The van der Waals surface area contributed by atoms with Gasteiger partial charge in [0.1, 0.15) is 0 Å². The molecule has 2 rings (SSSR count). The van der Waals surface area contributed by atoms with E-state index in [2.05, 4.69) is 11.9 Å². The van der Waals surface area contributed by atoms with Crippen LogP contribution in [0.5, 0.6) is 0 Å². The first-order valence-electron chi connectivity index (χ1n) is 6.64. The van der Waals surface area contributed by atoms with E-state index in [4.69, 9.17) is 22.7 Å². The summed E-state index contributed by atoms with van der Waals surface area (Å²) in [5.74, 6) is 0.717. The van der Waals surface area contributed by atoms with Crippen molar-refractivity contribution in [2.24, 2.45) is 17.1 Å². The first kappa shape index (κ1) is 13.2. The highest BCUT2D eigenvalue weighted by atomic mass is 32.1. The smallest absolute Gasteiger partial charge is 0.0733 e. The van der Waals surface area contributed by atoms with Gasteiger partial charge in [0.15, 0.2) is 0 Å². The summed E-state index contributed by atoms with van der Waals surface area (Å²) in [5, 5.41) is 0. The van der Waals surface area contributed by atoms with Gasteiger partial charge in [-0.3, -0.25) is 0 Å². The van der Waals surface area contributed by atoms with Gasteiger partial charge in [0.2, 0.25) is 0 Å². The van der Waals surface area contributed by atoms with Crippen molar-refractivity contribution in [3.63, 3.8) is 0 Å². The Morgan fingerprint density at radius 3 is 2.82 bits per heavy atom. The lowest BCUT2D eigenvalue weighted by molar-refractivity contribution is 0.0397. The highest BCUT2D eigenvalue weighted by Gasteiger charge is 2.43. The Labute approximate surface area is 110 Å². The number of hydrogen-bond acceptors (Lipinski definition) is 3. The van der Waals surface area contributed by atoms with E-state index in [1.54, 1.807) is 0 Å². The lowest BCUT2D eigenvalue weighted by atomic mass is 9.99. The predicted octanol–water partition coefficient (Wildman–Crippen LogP) is 1.80. The molecule has 0 amide bonds. The van der Waals surface area contributed by atoms with Gasteiger partial charge < -0.3 is 15.4 Å². The Balaban J connectivity index is 1.72. The van der Waals surface area contributed by atoms with Crippen LogP contribution < -0.4 is 5.73 Å². The van der Waals surface area contributed by atoms with Gasteiger partial charge in [-0.1, -0.05) is 12.2 Å². The molecule has 1 aliphatic heterocycles. The van der Waals surface area contributed by atoms with E-state index in [-0.39, 0.29) is 0 Å². The van der Waals surface area contributed by atoms with Crippen molar-refractivity contribution in [3.05, 3.63) is 0 Å². The van der Waals surface area contributed by atoms with E-state index in [0.29, 0.717) is 10.4 Å². The fourth-order valence-corrected chi connectivity index (χ4v) is 3.27. The zero-order valence-corrected chi connectivity index (χ0v) is 11.6. The molecule has 0 aromatic heterocycles. The normalized spacial score (nSPS) is 27.1. The Morgan fingerprint density at radius 1 is 1.53 bits per heavy atom. The van der Waals surface area contributed by atoms with Crippen LogP contribution in [-0.2, 0) is 4.74 Å². The maximum atomic E-state index is 5.67. The van der Waals surface area contributed by atoms with Crippen molar-refractivity contribution in [2.45, 2.75) is 32.1 Å². The maximum absolute atomic E-state index is 5.67. The molecule has 98 valence electrons. The predicted molar refractivity (Wildman–Crippen MR) is 74.1 cm³/mol. The molecular weight excluding hydrogens is 232 g/mol. The SMILES string of the molecule is CN(CC1CCCOC1)CC1(CC(N)=S)CC1. The number of thiocarbonyl (C=S) groups is 1. The van der Waals surface area contributed by atoms with Gasteiger partial charge in [-0.25, -0.2) is 0 Å². The fraction of sp³-hybridized carbons (Fsp3) is 0.923. The number of nitrogens with zero attached hydrogens (tertiary/aromatic N) is 1. The molecule has 1 saturated heterocycles. The third-order valence-electron chi connectivity index (χ3n) is 3.94. The second-order valence-corrected chi connectivity index (χ2v) is 6.45. The van der Waals surface area contributed by atoms with Crippen LogP contribution in [0, 0.1) is 11.3 Å². The molecule has 0 radical (unpaired) electrons. The minimum Gasteiger partial charge on any atom is -0.393 e. The summed E-state index contributed by atoms with van der Waals surface area (Å²) in [6, 6.07) is 0. The van der Waals surface area contributed by atoms with Crippen LogP contribution in [0.4, 0.5) is 0 Å². The summed E-state index contributed by atoms with van der Waals surface area (Å²) in [6.07, 6.45) is 6.03. The average Bonchev–Trinajstić information content (AvgIpc) is 2.97. The number of rotatable bonds is 6. The van der Waals surface area contributed by atoms with Crippen LogP contribution in [0.3, 0.4) is 0 Å². The second kappa shape index (κ2) is 5.63. The molecule has 2 N–H and O–H groups in total. The van der Waals surface area contributed by atoms with E-state index in [1.807, 2.05) is 0 Å². The zero-order chi connectivity index (χ0) is 12.3. The van der Waals surface area contributed by atoms with Gasteiger partial charge >= 0.3 is 0 Å². The lowest BCUT2D eigenvalue weighted by Crippen LogP contribution is -2.35. The first-order chi connectivity index (χ1) is 8.10. The van der Waals surface area contributed by atoms with Crippen molar-refractivity contribution >= 4 is 17.2 Å². The highest BCUT2D eigenvalue weighted by molar-refractivity contribution is 7.80. The molecule has 17 heavy (non-hydrogen) atoms. The second-order valence-electron chi connectivity index (χ2n) is 5.92. The van der Waals surface area contributed by atoms with Gasteiger partial charge in [0.25, 0.3) is 0 Å². The fourth-order valence-electron chi connectivity index (χ4n) is 2.97. The van der Waals surface area contributed by atoms with E-state index < -0.39 is 0 Å². The quantitative estimate of drug-likeness (QED) is 0.736. The van der Waals surface area contributed by atoms with E-state index >= 15 is 0 Å². The van der Waals surface area contributed by atoms with Crippen molar-refractivity contribution in [3.8, 4) is 0 Å². The van der Waals surface area contributed by atoms with Crippen molar-refractivity contribution in [2.75, 3.05) is 33.4 Å². The van der Waals surface area contributed by atoms with Gasteiger partial charge in [0, 0.05) is 26.1 Å². The molecule has 1 aliphatic carbocycles. The van der Waals surface area contributed by atoms with Crippen LogP contribution in [0.15, 0.2) is 0 Å². The minimum atomic E-state index is 0.413. The zero-order valence-electron chi connectivity index (χ0n) is 10.8. The number of ether oxygens (including phenoxy) is 1. The van der Waals surface area contributed by atoms with Crippen LogP contribution in [0.1, 0.15) is 32.1 Å². The molecule has 1 heterocycles. The van der Waals surface area contributed by atoms with Crippen LogP contribution >= 0.6 is 12.2 Å². The highest BCUT2D eigenvalue weighted by Crippen LogP contribution is 2.49. The summed E-state index contributed by atoms with van der Waals surface area (Å²) in [6.45, 7) is 4.18. The third kappa shape index (κ3) is 4.19. The van der Waals surface area contributed by atoms with Crippen molar-refractivity contribution in [1.29, 1.82) is 0 Å². The third-order valence-corrected chi connectivity index (χ3v) is 4.08. The van der Waals surface area contributed by atoms with Gasteiger partial charge in [-0.05, 0) is 44.1 Å². The first-order valence-corrected chi connectivity index (χ1v) is 7.05. The summed E-state index contributed by atoms with van der Waals surface area (Å²) < 4.78 is 5.53. The summed E-state index contributed by atoms with van der Waals surface area (Å²) >= 11 is 5.04. The molecule has 0 aromatic rings. The number of hydrogen-bond donors (Lipinski definition) is 1. The minimum absolute atomic E-state index is 0.413. The van der Waals surface area contributed by atoms with Crippen molar-refractivity contribution in [1.82, 2.24) is 4.90 Å². The van der Waals surface area contributed by atoms with E-state index in [9.17, 15) is 0 Å². The van der Waals surface area contributed by atoms with Crippen LogP contribution in [-0.4, -0.2) is 43.2 Å². The topological polar surface area (TPSA) is 38.5 Å². The summed E-state index contributed by atoms with van der Waals surface area (Å²) in [5.41, 5.74) is 6.08. The number of nitrogens with two attached hydrogens (primary N) is 1. The molecule has 0 bridgehead atoms. The van der Waals surface area contributed by atoms with Crippen molar-refractivity contribution < 1.29 is 4.74 Å². The summed E-state index contributed by atoms with van der Waals surface area (Å²) in [4.78, 5) is 3.13. The lowest BCUT2D eigenvalue weighted by Gasteiger charge is -2.29. The van der Waals surface area contributed by atoms with E-state index in [1.165, 1.54) is 25.7 Å². The molecule has 1 atom stereocenters. The van der Waals surface area contributed by atoms with Crippen LogP contribution in [0.25, 0.3) is 0 Å². The average molecular weight is 256 g/mol. The maximum Gasteiger partial charge on any atom is 0.0733 e. The Kier molecular flexibility index (Phi) is 4.39. The van der Waals surface area contributed by atoms with Gasteiger partial charge in [-0.15, -0.1) is 0 Å². The molecule has 2 fully saturated rings. The molecule has 1 unspecified atom stereocenters. The molecule has 0 spiro atoms. The molecule has 3 nitrogen and oxygen atoms in total. The molecule has 2 aliphatic rings. The largest absolute Gasteiger partial charge is 0.393 e. The Bertz CT molecular complexity index is 273. The monoisotopic (exact) mass is 256 g/mol. The molecule has 1 saturated carbocycles. The molecular formula is C13H24N2OS.